The van der Waals surface area contributed by atoms with E-state index in [0.717, 1.165) is 11.4 Å². The van der Waals surface area contributed by atoms with Crippen molar-refractivity contribution in [2.45, 2.75) is 52.6 Å². The van der Waals surface area contributed by atoms with Crippen molar-refractivity contribution in [3.63, 3.8) is 0 Å². The standard InChI is InChI=1S/C17H23N3O2S/c1-6-14-19-20-16(23-14)18-15(21)11(2)22-13-9-7-8-12(10-13)17(3,4)5/h7-11H,6H2,1-5H3,(H,18,20,21)/t11-/m0/s1. The van der Waals surface area contributed by atoms with Gasteiger partial charge in [0.2, 0.25) is 5.13 Å². The van der Waals surface area contributed by atoms with E-state index in [1.807, 2.05) is 25.1 Å². The Morgan fingerprint density at radius 3 is 2.70 bits per heavy atom. The van der Waals surface area contributed by atoms with E-state index in [1.54, 1.807) is 6.92 Å². The first-order chi connectivity index (χ1) is 10.8. The lowest BCUT2D eigenvalue weighted by molar-refractivity contribution is -0.122. The van der Waals surface area contributed by atoms with E-state index in [2.05, 4.69) is 42.4 Å². The molecule has 6 heteroatoms. The van der Waals surface area contributed by atoms with Crippen LogP contribution in [0.15, 0.2) is 24.3 Å². The fourth-order valence-corrected chi connectivity index (χ4v) is 2.63. The van der Waals surface area contributed by atoms with Gasteiger partial charge < -0.3 is 4.74 Å². The predicted octanol–water partition coefficient (Wildman–Crippen LogP) is 3.80. The summed E-state index contributed by atoms with van der Waals surface area (Å²) in [5.74, 6) is 0.455. The Morgan fingerprint density at radius 1 is 1.35 bits per heavy atom. The molecule has 124 valence electrons. The van der Waals surface area contributed by atoms with E-state index in [4.69, 9.17) is 4.74 Å². The van der Waals surface area contributed by atoms with Crippen LogP contribution in [0.25, 0.3) is 0 Å². The summed E-state index contributed by atoms with van der Waals surface area (Å²) in [4.78, 5) is 12.2. The van der Waals surface area contributed by atoms with Crippen molar-refractivity contribution in [1.29, 1.82) is 0 Å². The zero-order valence-corrected chi connectivity index (χ0v) is 15.0. The molecule has 0 radical (unpaired) electrons. The van der Waals surface area contributed by atoms with Crippen LogP contribution in [0.4, 0.5) is 5.13 Å². The maximum atomic E-state index is 12.2. The van der Waals surface area contributed by atoms with Crippen molar-refractivity contribution in [2.24, 2.45) is 0 Å². The topological polar surface area (TPSA) is 64.1 Å². The highest BCUT2D eigenvalue weighted by atomic mass is 32.1. The van der Waals surface area contributed by atoms with Gasteiger partial charge in [0.25, 0.3) is 5.91 Å². The Labute approximate surface area is 141 Å². The largest absolute Gasteiger partial charge is 0.481 e. The quantitative estimate of drug-likeness (QED) is 0.904. The fraction of sp³-hybridized carbons (Fsp3) is 0.471. The number of benzene rings is 1. The number of hydrogen-bond donors (Lipinski definition) is 1. The molecule has 1 atom stereocenters. The minimum absolute atomic E-state index is 0.0357. The second kappa shape index (κ2) is 7.08. The van der Waals surface area contributed by atoms with Crippen molar-refractivity contribution >= 4 is 22.4 Å². The fourth-order valence-electron chi connectivity index (χ4n) is 1.95. The second-order valence-electron chi connectivity index (χ2n) is 6.38. The number of nitrogens with one attached hydrogen (secondary N) is 1. The minimum Gasteiger partial charge on any atom is -0.481 e. The molecule has 2 rings (SSSR count). The molecule has 0 saturated carbocycles. The highest BCUT2D eigenvalue weighted by molar-refractivity contribution is 7.15. The van der Waals surface area contributed by atoms with Gasteiger partial charge in [0.15, 0.2) is 6.10 Å². The number of nitrogens with zero attached hydrogens (tertiary/aromatic N) is 2. The number of hydrogen-bond acceptors (Lipinski definition) is 5. The van der Waals surface area contributed by atoms with Crippen LogP contribution in [-0.4, -0.2) is 22.2 Å². The average Bonchev–Trinajstić information content (AvgIpc) is 2.94. The first kappa shape index (κ1) is 17.4. The number of aromatic nitrogens is 2. The van der Waals surface area contributed by atoms with Crippen LogP contribution in [0.2, 0.25) is 0 Å². The lowest BCUT2D eigenvalue weighted by Crippen LogP contribution is -2.30. The van der Waals surface area contributed by atoms with Gasteiger partial charge in [0.05, 0.1) is 0 Å². The molecule has 23 heavy (non-hydrogen) atoms. The third-order valence-electron chi connectivity index (χ3n) is 3.38. The van der Waals surface area contributed by atoms with Gasteiger partial charge in [-0.05, 0) is 36.5 Å². The number of carbonyl (C=O) groups is 1. The number of rotatable bonds is 5. The lowest BCUT2D eigenvalue weighted by Gasteiger charge is -2.20. The van der Waals surface area contributed by atoms with Crippen LogP contribution < -0.4 is 10.1 Å². The minimum atomic E-state index is -0.612. The lowest BCUT2D eigenvalue weighted by atomic mass is 9.87. The summed E-state index contributed by atoms with van der Waals surface area (Å²) >= 11 is 1.38. The maximum absolute atomic E-state index is 12.2. The first-order valence-corrected chi connectivity index (χ1v) is 8.51. The Balaban J connectivity index is 2.00. The van der Waals surface area contributed by atoms with E-state index < -0.39 is 6.10 Å². The molecular formula is C17H23N3O2S. The van der Waals surface area contributed by atoms with Crippen LogP contribution in [0, 0.1) is 0 Å². The molecule has 1 amide bonds. The summed E-state index contributed by atoms with van der Waals surface area (Å²) in [7, 11) is 0. The Bertz CT molecular complexity index is 676. The zero-order valence-electron chi connectivity index (χ0n) is 14.2. The van der Waals surface area contributed by atoms with Crippen LogP contribution in [0.5, 0.6) is 5.75 Å². The third-order valence-corrected chi connectivity index (χ3v) is 4.36. The van der Waals surface area contributed by atoms with Crippen molar-refractivity contribution < 1.29 is 9.53 Å². The average molecular weight is 333 g/mol. The zero-order chi connectivity index (χ0) is 17.0. The molecule has 1 aromatic carbocycles. The number of anilines is 1. The molecule has 0 fully saturated rings. The molecule has 0 spiro atoms. The highest BCUT2D eigenvalue weighted by Gasteiger charge is 2.18. The highest BCUT2D eigenvalue weighted by Crippen LogP contribution is 2.26. The van der Waals surface area contributed by atoms with E-state index in [-0.39, 0.29) is 11.3 Å². The van der Waals surface area contributed by atoms with E-state index >= 15 is 0 Å². The van der Waals surface area contributed by atoms with Gasteiger partial charge in [-0.25, -0.2) is 0 Å². The second-order valence-corrected chi connectivity index (χ2v) is 7.44. The molecule has 5 nitrogen and oxygen atoms in total. The van der Waals surface area contributed by atoms with Crippen LogP contribution >= 0.6 is 11.3 Å². The molecule has 2 aromatic rings. The molecule has 0 saturated heterocycles. The summed E-state index contributed by atoms with van der Waals surface area (Å²) in [5, 5.41) is 12.1. The first-order valence-electron chi connectivity index (χ1n) is 7.70. The molecule has 0 bridgehead atoms. The molecule has 0 unspecified atom stereocenters. The Hall–Kier alpha value is -1.95. The Kier molecular flexibility index (Phi) is 5.36. The molecule has 1 aromatic heterocycles. The number of amides is 1. The maximum Gasteiger partial charge on any atom is 0.266 e. The van der Waals surface area contributed by atoms with Crippen molar-refractivity contribution in [3.8, 4) is 5.75 Å². The SMILES string of the molecule is CCc1nnc(NC(=O)[C@H](C)Oc2cccc(C(C)(C)C)c2)s1. The normalized spacial score (nSPS) is 12.7. The molecule has 1 N–H and O–H groups in total. The van der Waals surface area contributed by atoms with Gasteiger partial charge in [-0.1, -0.05) is 51.2 Å². The summed E-state index contributed by atoms with van der Waals surface area (Å²) in [6.45, 7) is 10.1. The van der Waals surface area contributed by atoms with Crippen LogP contribution in [0.3, 0.4) is 0 Å². The van der Waals surface area contributed by atoms with Crippen molar-refractivity contribution in [3.05, 3.63) is 34.8 Å². The summed E-state index contributed by atoms with van der Waals surface area (Å²) in [6, 6.07) is 7.84. The Morgan fingerprint density at radius 2 is 2.09 bits per heavy atom. The summed E-state index contributed by atoms with van der Waals surface area (Å²) in [6.07, 6.45) is 0.193. The summed E-state index contributed by atoms with van der Waals surface area (Å²) in [5.41, 5.74) is 1.20. The van der Waals surface area contributed by atoms with Gasteiger partial charge in [-0.2, -0.15) is 0 Å². The number of ether oxygens (including phenoxy) is 1. The third kappa shape index (κ3) is 4.76. The molecule has 0 aliphatic rings. The monoisotopic (exact) mass is 333 g/mol. The number of carbonyl (C=O) groups excluding carboxylic acids is 1. The molecular weight excluding hydrogens is 310 g/mol. The summed E-state index contributed by atoms with van der Waals surface area (Å²) < 4.78 is 5.76. The van der Waals surface area contributed by atoms with E-state index in [9.17, 15) is 4.79 Å². The number of aryl methyl sites for hydroxylation is 1. The van der Waals surface area contributed by atoms with Crippen LogP contribution in [0.1, 0.15) is 45.2 Å². The van der Waals surface area contributed by atoms with Gasteiger partial charge >= 0.3 is 0 Å². The van der Waals surface area contributed by atoms with Crippen molar-refractivity contribution in [1.82, 2.24) is 10.2 Å². The van der Waals surface area contributed by atoms with E-state index in [0.29, 0.717) is 10.9 Å². The molecule has 1 heterocycles. The van der Waals surface area contributed by atoms with Gasteiger partial charge in [0.1, 0.15) is 10.8 Å². The van der Waals surface area contributed by atoms with E-state index in [1.165, 1.54) is 16.9 Å². The smallest absolute Gasteiger partial charge is 0.266 e. The van der Waals surface area contributed by atoms with Crippen LogP contribution in [-0.2, 0) is 16.6 Å². The molecule has 0 aliphatic carbocycles. The van der Waals surface area contributed by atoms with Gasteiger partial charge in [0, 0.05) is 0 Å². The van der Waals surface area contributed by atoms with Gasteiger partial charge in [-0.3, -0.25) is 10.1 Å². The van der Waals surface area contributed by atoms with Gasteiger partial charge in [-0.15, -0.1) is 10.2 Å². The predicted molar refractivity (Wildman–Crippen MR) is 93.1 cm³/mol. The molecule has 0 aliphatic heterocycles. The van der Waals surface area contributed by atoms with Crippen molar-refractivity contribution in [2.75, 3.05) is 5.32 Å².